The van der Waals surface area contributed by atoms with Gasteiger partial charge in [0.1, 0.15) is 12.1 Å². The molecule has 3 rings (SSSR count). The fraction of sp³-hybridized carbons (Fsp3) is 0.308. The smallest absolute Gasteiger partial charge is 0.340 e. The first-order valence-corrected chi connectivity index (χ1v) is 12.5. The van der Waals surface area contributed by atoms with Gasteiger partial charge in [-0.3, -0.25) is 9.59 Å². The van der Waals surface area contributed by atoms with Gasteiger partial charge in [0.15, 0.2) is 5.82 Å². The molecule has 0 aliphatic heterocycles. The Kier molecular flexibility index (Phi) is 12.2. The Balaban J connectivity index is 0.00000170. The van der Waals surface area contributed by atoms with Crippen LogP contribution in [0.25, 0.3) is 11.0 Å². The molecule has 0 aliphatic rings. The monoisotopic (exact) mass is 558 g/mol. The number of hydrogen-bond acceptors (Lipinski definition) is 10. The van der Waals surface area contributed by atoms with Gasteiger partial charge in [-0.05, 0) is 36.4 Å². The number of anilines is 2. The van der Waals surface area contributed by atoms with Crippen LogP contribution < -0.4 is 25.3 Å². The first kappa shape index (κ1) is 31.1. The fourth-order valence-corrected chi connectivity index (χ4v) is 4.04. The molecule has 3 aromatic rings. The zero-order valence-electron chi connectivity index (χ0n) is 22.1. The van der Waals surface area contributed by atoms with Gasteiger partial charge in [-0.25, -0.2) is 13.9 Å². The second-order valence-corrected chi connectivity index (χ2v) is 9.22. The number of nitriles is 1. The molecule has 13 heteroatoms. The van der Waals surface area contributed by atoms with Crippen molar-refractivity contribution in [3.63, 3.8) is 0 Å². The molecule has 0 saturated heterocycles. The number of fused-ring (bicyclic) bond motifs is 1. The third-order valence-corrected chi connectivity index (χ3v) is 6.17. The summed E-state index contributed by atoms with van der Waals surface area (Å²) in [7, 11) is 7.03. The van der Waals surface area contributed by atoms with Crippen molar-refractivity contribution in [1.29, 1.82) is 5.26 Å². The van der Waals surface area contributed by atoms with Crippen LogP contribution in [0.15, 0.2) is 45.6 Å². The summed E-state index contributed by atoms with van der Waals surface area (Å²) in [6.45, 7) is -0.114. The molecule has 0 unspecified atom stereocenters. The van der Waals surface area contributed by atoms with E-state index in [1.165, 1.54) is 4.90 Å². The van der Waals surface area contributed by atoms with Crippen molar-refractivity contribution in [2.75, 3.05) is 50.9 Å². The van der Waals surface area contributed by atoms with Gasteiger partial charge >= 0.3 is 5.63 Å². The van der Waals surface area contributed by atoms with Crippen molar-refractivity contribution in [3.8, 4) is 6.07 Å². The molecule has 2 aromatic carbocycles. The summed E-state index contributed by atoms with van der Waals surface area (Å²) in [5.74, 6) is -0.720. The van der Waals surface area contributed by atoms with Gasteiger partial charge in [0.25, 0.3) is 6.47 Å². The van der Waals surface area contributed by atoms with E-state index < -0.39 is 11.4 Å². The molecular formula is C26H31FN6O5S. The van der Waals surface area contributed by atoms with E-state index in [0.717, 1.165) is 17.8 Å². The predicted octanol–water partition coefficient (Wildman–Crippen LogP) is 2.56. The molecule has 1 aromatic heterocycles. The Morgan fingerprint density at radius 3 is 2.59 bits per heavy atom. The summed E-state index contributed by atoms with van der Waals surface area (Å²) in [6, 6.07) is 12.4. The van der Waals surface area contributed by atoms with Crippen LogP contribution in [0.4, 0.5) is 15.8 Å². The molecule has 0 atom stereocenters. The Labute approximate surface area is 229 Å². The van der Waals surface area contributed by atoms with Gasteiger partial charge < -0.3 is 29.4 Å². The summed E-state index contributed by atoms with van der Waals surface area (Å²) < 4.78 is 26.5. The van der Waals surface area contributed by atoms with Crippen LogP contribution in [0.3, 0.4) is 0 Å². The highest BCUT2D eigenvalue weighted by Gasteiger charge is 2.19. The molecule has 208 valence electrons. The quantitative estimate of drug-likeness (QED) is 0.119. The van der Waals surface area contributed by atoms with Crippen molar-refractivity contribution in [3.05, 3.63) is 69.3 Å². The first-order chi connectivity index (χ1) is 18.7. The van der Waals surface area contributed by atoms with Crippen molar-refractivity contribution in [1.82, 2.24) is 14.9 Å². The van der Waals surface area contributed by atoms with Crippen LogP contribution in [0.2, 0.25) is 0 Å². The van der Waals surface area contributed by atoms with Crippen LogP contribution in [0.5, 0.6) is 0 Å². The lowest BCUT2D eigenvalue weighted by Crippen LogP contribution is -2.35. The summed E-state index contributed by atoms with van der Waals surface area (Å²) in [5.41, 5.74) is 2.26. The normalized spacial score (nSPS) is 10.3. The number of amides is 1. The number of halogens is 1. The van der Waals surface area contributed by atoms with Crippen LogP contribution in [0, 0.1) is 17.1 Å². The highest BCUT2D eigenvalue weighted by Crippen LogP contribution is 2.28. The minimum atomic E-state index is -0.564. The molecule has 0 spiro atoms. The highest BCUT2D eigenvalue weighted by atomic mass is 32.2. The zero-order valence-corrected chi connectivity index (χ0v) is 22.9. The number of nitrogens with one attached hydrogen (secondary N) is 3. The predicted molar refractivity (Wildman–Crippen MR) is 150 cm³/mol. The topological polar surface area (TPSA) is 151 Å². The molecule has 0 fully saturated rings. The lowest BCUT2D eigenvalue weighted by atomic mass is 9.97. The lowest BCUT2D eigenvalue weighted by molar-refractivity contribution is -0.128. The number of rotatable bonds is 11. The Morgan fingerprint density at radius 2 is 1.95 bits per heavy atom. The lowest BCUT2D eigenvalue weighted by Gasteiger charge is -2.17. The SMILES string of the molecule is CNSNc1cccc(Cc2c(CNCC(=O)N(C)CC#N)c3ccc(N(C)C)cc3oc2=O)c1F.O=CO. The van der Waals surface area contributed by atoms with Crippen molar-refractivity contribution in [2.24, 2.45) is 0 Å². The maximum atomic E-state index is 15.2. The second kappa shape index (κ2) is 15.3. The Hall–Kier alpha value is -4.12. The average molecular weight is 559 g/mol. The Bertz CT molecular complexity index is 1390. The van der Waals surface area contributed by atoms with Crippen molar-refractivity contribution in [2.45, 2.75) is 13.0 Å². The van der Waals surface area contributed by atoms with E-state index in [0.29, 0.717) is 33.3 Å². The number of carboxylic acid groups (broad SMARTS) is 1. The standard InChI is InChI=1S/C25H29FN6O3S.CH2O2/c1-28-36-30-21-7-5-6-16(24(21)26)12-19-20(14-29-15-23(33)32(4)11-10-27)18-9-8-17(31(2)3)13-22(18)35-25(19)34;2-1-3/h5-9,13,28-30H,11-12,14-15H2,1-4H3;1H,(H,2,3). The van der Waals surface area contributed by atoms with Gasteiger partial charge in [-0.1, -0.05) is 12.1 Å². The molecule has 0 aliphatic carbocycles. The highest BCUT2D eigenvalue weighted by molar-refractivity contribution is 7.98. The molecule has 11 nitrogen and oxygen atoms in total. The van der Waals surface area contributed by atoms with Crippen molar-refractivity contribution >= 4 is 46.9 Å². The molecule has 4 N–H and O–H groups in total. The number of carbonyl (C=O) groups is 2. The number of nitrogens with zero attached hydrogens (tertiary/aromatic N) is 3. The third kappa shape index (κ3) is 8.44. The molecule has 0 saturated carbocycles. The minimum absolute atomic E-state index is 0.0125. The van der Waals surface area contributed by atoms with Crippen molar-refractivity contribution < 1.29 is 23.5 Å². The van der Waals surface area contributed by atoms with Gasteiger partial charge in [-0.15, -0.1) is 0 Å². The van der Waals surface area contributed by atoms with E-state index >= 15 is 4.39 Å². The van der Waals surface area contributed by atoms with Crippen LogP contribution >= 0.6 is 12.1 Å². The van der Waals surface area contributed by atoms with Gasteiger partial charge in [0.2, 0.25) is 5.91 Å². The summed E-state index contributed by atoms with van der Waals surface area (Å²) >= 11 is 1.13. The van der Waals surface area contributed by atoms with Gasteiger partial charge in [-0.2, -0.15) is 5.26 Å². The summed E-state index contributed by atoms with van der Waals surface area (Å²) in [4.78, 5) is 37.0. The molecule has 0 bridgehead atoms. The third-order valence-electron chi connectivity index (χ3n) is 5.64. The van der Waals surface area contributed by atoms with Gasteiger partial charge in [0.05, 0.1) is 18.3 Å². The largest absolute Gasteiger partial charge is 0.483 e. The van der Waals surface area contributed by atoms with Crippen LogP contribution in [-0.2, 0) is 22.6 Å². The van der Waals surface area contributed by atoms with E-state index in [4.69, 9.17) is 19.6 Å². The van der Waals surface area contributed by atoms with E-state index in [-0.39, 0.29) is 38.4 Å². The summed E-state index contributed by atoms with van der Waals surface area (Å²) in [6.07, 6.45) is 0.0125. The maximum Gasteiger partial charge on any atom is 0.340 e. The van der Waals surface area contributed by atoms with E-state index in [9.17, 15) is 9.59 Å². The van der Waals surface area contributed by atoms with Gasteiger partial charge in [0, 0.05) is 68.9 Å². The maximum absolute atomic E-state index is 15.2. The minimum Gasteiger partial charge on any atom is -0.483 e. The van der Waals surface area contributed by atoms with Crippen LogP contribution in [-0.4, -0.2) is 63.7 Å². The van der Waals surface area contributed by atoms with E-state index in [1.54, 1.807) is 38.4 Å². The second-order valence-electron chi connectivity index (χ2n) is 8.40. The molecule has 1 heterocycles. The molecular weight excluding hydrogens is 527 g/mol. The number of benzene rings is 2. The molecule has 1 amide bonds. The first-order valence-electron chi connectivity index (χ1n) is 11.7. The Morgan fingerprint density at radius 1 is 1.23 bits per heavy atom. The summed E-state index contributed by atoms with van der Waals surface area (Å²) in [5, 5.41) is 19.5. The van der Waals surface area contributed by atoms with E-state index in [2.05, 4.69) is 14.8 Å². The zero-order chi connectivity index (χ0) is 28.9. The van der Waals surface area contributed by atoms with E-state index in [1.807, 2.05) is 37.2 Å². The molecule has 0 radical (unpaired) electrons. The number of hydrogen-bond donors (Lipinski definition) is 4. The van der Waals surface area contributed by atoms with Crippen LogP contribution in [0.1, 0.15) is 16.7 Å². The number of carbonyl (C=O) groups excluding carboxylic acids is 1. The average Bonchev–Trinajstić information content (AvgIpc) is 2.90. The molecule has 39 heavy (non-hydrogen) atoms. The number of likely N-dealkylation sites (N-methyl/N-ethyl adjacent to an activating group) is 1. The fourth-order valence-electron chi connectivity index (χ4n) is 3.67.